The lowest BCUT2D eigenvalue weighted by atomic mass is 9.85. The minimum Gasteiger partial charge on any atom is -0.356 e. The van der Waals surface area contributed by atoms with Crippen molar-refractivity contribution in [2.75, 3.05) is 6.54 Å². The van der Waals surface area contributed by atoms with Crippen LogP contribution in [0.3, 0.4) is 0 Å². The van der Waals surface area contributed by atoms with Crippen LogP contribution in [0.5, 0.6) is 0 Å². The van der Waals surface area contributed by atoms with Crippen LogP contribution in [0.2, 0.25) is 0 Å². The van der Waals surface area contributed by atoms with E-state index < -0.39 is 6.04 Å². The highest BCUT2D eigenvalue weighted by molar-refractivity contribution is 5.97. The Hall–Kier alpha value is -3.93. The average molecular weight is 482 g/mol. The fourth-order valence-electron chi connectivity index (χ4n) is 5.68. The first-order valence-electron chi connectivity index (χ1n) is 12.4. The molecule has 1 saturated heterocycles. The summed E-state index contributed by atoms with van der Waals surface area (Å²) in [7, 11) is 0. The summed E-state index contributed by atoms with van der Waals surface area (Å²) >= 11 is 0. The van der Waals surface area contributed by atoms with Gasteiger partial charge in [-0.2, -0.15) is 0 Å². The number of para-hydroxylation sites is 1. The van der Waals surface area contributed by atoms with E-state index in [2.05, 4.69) is 49.2 Å². The molecule has 182 valence electrons. The number of aromatic amines is 1. The van der Waals surface area contributed by atoms with Crippen molar-refractivity contribution in [3.8, 4) is 0 Å². The van der Waals surface area contributed by atoms with Gasteiger partial charge in [0.25, 0.3) is 0 Å². The van der Waals surface area contributed by atoms with E-state index in [-0.39, 0.29) is 36.8 Å². The molecule has 3 aromatic carbocycles. The van der Waals surface area contributed by atoms with Crippen LogP contribution in [-0.4, -0.2) is 39.2 Å². The van der Waals surface area contributed by atoms with Gasteiger partial charge in [-0.05, 0) is 46.4 Å². The minimum atomic E-state index is -0.590. The average Bonchev–Trinajstić information content (AvgIpc) is 3.25. The Kier molecular flexibility index (Phi) is 5.40. The highest BCUT2D eigenvalue weighted by atomic mass is 19.1. The highest BCUT2D eigenvalue weighted by Crippen LogP contribution is 2.42. The Bertz CT molecular complexity index is 1460. The molecule has 0 unspecified atom stereocenters. The van der Waals surface area contributed by atoms with E-state index in [1.807, 2.05) is 18.2 Å². The molecule has 2 aliphatic heterocycles. The molecule has 4 aromatic rings. The van der Waals surface area contributed by atoms with Gasteiger partial charge in [-0.3, -0.25) is 9.59 Å². The number of hydrogen-bond acceptors (Lipinski definition) is 2. The van der Waals surface area contributed by atoms with Gasteiger partial charge in [-0.15, -0.1) is 0 Å². The van der Waals surface area contributed by atoms with Gasteiger partial charge < -0.3 is 14.8 Å². The fraction of sp³-hybridized carbons (Fsp3) is 0.267. The number of carbonyl (C=O) groups excluding carboxylic acids is 2. The molecule has 1 fully saturated rings. The van der Waals surface area contributed by atoms with E-state index in [1.165, 1.54) is 17.7 Å². The lowest BCUT2D eigenvalue weighted by molar-refractivity contribution is -0.159. The number of H-pyrrole nitrogens is 1. The predicted molar refractivity (Wildman–Crippen MR) is 137 cm³/mol. The number of carbonyl (C=O) groups is 2. The number of amides is 2. The Morgan fingerprint density at radius 1 is 0.972 bits per heavy atom. The van der Waals surface area contributed by atoms with Crippen molar-refractivity contribution in [1.29, 1.82) is 0 Å². The maximum absolute atomic E-state index is 13.8. The molecule has 36 heavy (non-hydrogen) atoms. The largest absolute Gasteiger partial charge is 0.356 e. The molecule has 0 saturated carbocycles. The van der Waals surface area contributed by atoms with Gasteiger partial charge in [-0.25, -0.2) is 4.39 Å². The molecule has 0 aliphatic carbocycles. The SMILES string of the molecule is CC(C)c1ccc([C@H]2c3[nH]c4ccccc4c3C[C@H]3C(=O)N(Cc4ccc(F)cc4)CC(=O)N23)cc1. The summed E-state index contributed by atoms with van der Waals surface area (Å²) < 4.78 is 13.4. The lowest BCUT2D eigenvalue weighted by Gasteiger charge is -2.47. The van der Waals surface area contributed by atoms with Crippen LogP contribution < -0.4 is 0 Å². The molecule has 5 nitrogen and oxygen atoms in total. The molecule has 2 amide bonds. The molecule has 1 N–H and O–H groups in total. The van der Waals surface area contributed by atoms with E-state index in [9.17, 15) is 14.0 Å². The zero-order chi connectivity index (χ0) is 25.0. The van der Waals surface area contributed by atoms with Crippen LogP contribution in [0, 0.1) is 5.82 Å². The molecule has 3 heterocycles. The van der Waals surface area contributed by atoms with Crippen molar-refractivity contribution in [2.24, 2.45) is 0 Å². The number of fused-ring (bicyclic) bond motifs is 4. The molecular weight excluding hydrogens is 453 g/mol. The topological polar surface area (TPSA) is 56.4 Å². The summed E-state index contributed by atoms with van der Waals surface area (Å²) in [5.41, 5.74) is 6.11. The number of halogens is 1. The van der Waals surface area contributed by atoms with Gasteiger partial charge >= 0.3 is 0 Å². The van der Waals surface area contributed by atoms with Crippen LogP contribution in [0.25, 0.3) is 10.9 Å². The first-order chi connectivity index (χ1) is 17.4. The summed E-state index contributed by atoms with van der Waals surface area (Å²) in [6, 6.07) is 21.6. The summed E-state index contributed by atoms with van der Waals surface area (Å²) in [5, 5.41) is 1.09. The second-order valence-corrected chi connectivity index (χ2v) is 10.1. The van der Waals surface area contributed by atoms with E-state index in [1.54, 1.807) is 21.9 Å². The van der Waals surface area contributed by atoms with Crippen molar-refractivity contribution in [3.63, 3.8) is 0 Å². The van der Waals surface area contributed by atoms with E-state index in [4.69, 9.17) is 0 Å². The Morgan fingerprint density at radius 3 is 2.42 bits per heavy atom. The zero-order valence-electron chi connectivity index (χ0n) is 20.4. The van der Waals surface area contributed by atoms with E-state index in [0.717, 1.165) is 33.3 Å². The molecule has 2 aliphatic rings. The molecule has 1 aromatic heterocycles. The highest BCUT2D eigenvalue weighted by Gasteiger charge is 2.48. The number of nitrogens with one attached hydrogen (secondary N) is 1. The van der Waals surface area contributed by atoms with Gasteiger partial charge in [0.05, 0.1) is 6.04 Å². The quantitative estimate of drug-likeness (QED) is 0.429. The van der Waals surface area contributed by atoms with Crippen LogP contribution in [0.15, 0.2) is 72.8 Å². The molecular formula is C30H28FN3O2. The van der Waals surface area contributed by atoms with Gasteiger partial charge in [-0.1, -0.05) is 68.4 Å². The van der Waals surface area contributed by atoms with Crippen molar-refractivity contribution >= 4 is 22.7 Å². The number of aromatic nitrogens is 1. The minimum absolute atomic E-state index is 0.00283. The van der Waals surface area contributed by atoms with Gasteiger partial charge in [0, 0.05) is 29.6 Å². The molecule has 0 bridgehead atoms. The second-order valence-electron chi connectivity index (χ2n) is 10.1. The van der Waals surface area contributed by atoms with Gasteiger partial charge in [0.1, 0.15) is 18.4 Å². The van der Waals surface area contributed by atoms with Crippen molar-refractivity contribution in [1.82, 2.24) is 14.8 Å². The molecule has 2 atom stereocenters. The summed E-state index contributed by atoms with van der Waals surface area (Å²) in [4.78, 5) is 34.4. The van der Waals surface area contributed by atoms with Gasteiger partial charge in [0.2, 0.25) is 11.8 Å². The maximum Gasteiger partial charge on any atom is 0.246 e. The first-order valence-corrected chi connectivity index (χ1v) is 12.4. The Balaban J connectivity index is 1.43. The van der Waals surface area contributed by atoms with Crippen LogP contribution in [0.4, 0.5) is 4.39 Å². The van der Waals surface area contributed by atoms with Crippen LogP contribution >= 0.6 is 0 Å². The van der Waals surface area contributed by atoms with Crippen LogP contribution in [0.1, 0.15) is 53.8 Å². The number of piperazine rings is 1. The smallest absolute Gasteiger partial charge is 0.246 e. The normalized spacial score (nSPS) is 19.7. The molecule has 6 rings (SSSR count). The fourth-order valence-corrected chi connectivity index (χ4v) is 5.68. The third kappa shape index (κ3) is 3.68. The monoisotopic (exact) mass is 481 g/mol. The zero-order valence-corrected chi connectivity index (χ0v) is 20.4. The predicted octanol–water partition coefficient (Wildman–Crippen LogP) is 5.32. The van der Waals surface area contributed by atoms with Crippen molar-refractivity contribution in [2.45, 2.75) is 44.8 Å². The third-order valence-corrected chi connectivity index (χ3v) is 7.55. The summed E-state index contributed by atoms with van der Waals surface area (Å²) in [5.74, 6) is -0.0703. The first kappa shape index (κ1) is 22.5. The lowest BCUT2D eigenvalue weighted by Crippen LogP contribution is -2.62. The summed E-state index contributed by atoms with van der Waals surface area (Å²) in [6.45, 7) is 4.60. The number of nitrogens with zero attached hydrogens (tertiary/aromatic N) is 2. The Labute approximate surface area is 209 Å². The molecule has 0 spiro atoms. The number of hydrogen-bond donors (Lipinski definition) is 1. The van der Waals surface area contributed by atoms with E-state index >= 15 is 0 Å². The van der Waals surface area contributed by atoms with Crippen LogP contribution in [-0.2, 0) is 22.6 Å². The molecule has 6 heteroatoms. The Morgan fingerprint density at radius 2 is 1.69 bits per heavy atom. The second kappa shape index (κ2) is 8.63. The standard InChI is InChI=1S/C30H28FN3O2/c1-18(2)20-9-11-21(12-10-20)29-28-24(23-5-3-4-6-25(23)32-28)15-26-30(36)33(17-27(35)34(26)29)16-19-7-13-22(31)14-8-19/h3-14,18,26,29,32H,15-17H2,1-2H3/t26-,29-/m0/s1. The number of benzene rings is 3. The third-order valence-electron chi connectivity index (χ3n) is 7.55. The van der Waals surface area contributed by atoms with Crippen molar-refractivity contribution < 1.29 is 14.0 Å². The van der Waals surface area contributed by atoms with E-state index in [0.29, 0.717) is 12.3 Å². The van der Waals surface area contributed by atoms with Gasteiger partial charge in [0.15, 0.2) is 0 Å². The number of rotatable bonds is 4. The van der Waals surface area contributed by atoms with Crippen molar-refractivity contribution in [3.05, 3.63) is 107 Å². The molecule has 0 radical (unpaired) electrons. The summed E-state index contributed by atoms with van der Waals surface area (Å²) in [6.07, 6.45) is 0.463. The maximum atomic E-state index is 13.8.